The molecule has 0 bridgehead atoms. The second-order valence-electron chi connectivity index (χ2n) is 7.62. The average molecular weight is 354 g/mol. The van der Waals surface area contributed by atoms with E-state index in [-0.39, 0.29) is 24.3 Å². The van der Waals surface area contributed by atoms with Gasteiger partial charge in [-0.05, 0) is 44.9 Å². The number of nitrogens with zero attached hydrogens (tertiary/aromatic N) is 1. The number of piperidine rings is 1. The first kappa shape index (κ1) is 18.0. The van der Waals surface area contributed by atoms with E-state index in [9.17, 15) is 14.4 Å². The maximum atomic E-state index is 12.2. The van der Waals surface area contributed by atoms with Gasteiger partial charge in [0.15, 0.2) is 0 Å². The van der Waals surface area contributed by atoms with Crippen LogP contribution in [0, 0.1) is 17.3 Å². The Balaban J connectivity index is 1.75. The van der Waals surface area contributed by atoms with Gasteiger partial charge in [-0.25, -0.2) is 4.79 Å². The summed E-state index contributed by atoms with van der Waals surface area (Å²) in [5.41, 5.74) is 1.60. The van der Waals surface area contributed by atoms with E-state index < -0.39 is 24.1 Å². The number of rotatable bonds is 2. The van der Waals surface area contributed by atoms with Crippen LogP contribution < -0.4 is 5.32 Å². The highest BCUT2D eigenvalue weighted by atomic mass is 16.6. The molecular weight excluding hydrogens is 332 g/mol. The first-order valence-corrected chi connectivity index (χ1v) is 8.67. The van der Waals surface area contributed by atoms with Crippen LogP contribution in [0.4, 0.5) is 4.79 Å². The number of hydrogen-bond donors (Lipinski definition) is 1. The third kappa shape index (κ3) is 4.05. The van der Waals surface area contributed by atoms with Crippen molar-refractivity contribution in [3.8, 4) is 11.8 Å². The van der Waals surface area contributed by atoms with E-state index in [1.807, 2.05) is 45.0 Å². The van der Waals surface area contributed by atoms with E-state index in [0.29, 0.717) is 6.42 Å². The van der Waals surface area contributed by atoms with Crippen molar-refractivity contribution in [3.63, 3.8) is 0 Å². The molecule has 0 radical (unpaired) electrons. The number of hydrogen-bond acceptors (Lipinski definition) is 4. The van der Waals surface area contributed by atoms with Crippen LogP contribution in [0.3, 0.4) is 0 Å². The average Bonchev–Trinajstić information content (AvgIpc) is 2.94. The highest BCUT2D eigenvalue weighted by molar-refractivity contribution is 6.01. The van der Waals surface area contributed by atoms with Crippen molar-refractivity contribution in [2.24, 2.45) is 5.41 Å². The van der Waals surface area contributed by atoms with E-state index in [1.165, 1.54) is 4.90 Å². The number of carbonyl (C=O) groups excluding carboxylic acids is 3. The highest BCUT2D eigenvalue weighted by Gasteiger charge is 2.41. The fourth-order valence-electron chi connectivity index (χ4n) is 2.96. The molecule has 2 unspecified atom stereocenters. The SMILES string of the molecule is CC(C)(C)C#Cc1cccc(C2CN(C3CCC(=O)NC3=O)C(=O)O2)c1. The Morgan fingerprint density at radius 3 is 2.69 bits per heavy atom. The van der Waals surface area contributed by atoms with Crippen LogP contribution in [0.25, 0.3) is 0 Å². The summed E-state index contributed by atoms with van der Waals surface area (Å²) in [5.74, 6) is 5.58. The van der Waals surface area contributed by atoms with E-state index in [4.69, 9.17) is 4.74 Å². The molecule has 0 aliphatic carbocycles. The predicted octanol–water partition coefficient (Wildman–Crippen LogP) is 2.38. The Bertz CT molecular complexity index is 813. The second kappa shape index (κ2) is 6.83. The number of benzene rings is 1. The van der Waals surface area contributed by atoms with Crippen molar-refractivity contribution in [2.45, 2.75) is 45.8 Å². The van der Waals surface area contributed by atoms with Crippen LogP contribution in [0.1, 0.15) is 50.8 Å². The van der Waals surface area contributed by atoms with Crippen LogP contribution in [-0.4, -0.2) is 35.4 Å². The molecule has 1 N–H and O–H groups in total. The highest BCUT2D eigenvalue weighted by Crippen LogP contribution is 2.29. The quantitative estimate of drug-likeness (QED) is 0.654. The predicted molar refractivity (Wildman–Crippen MR) is 94.9 cm³/mol. The third-order valence-electron chi connectivity index (χ3n) is 4.27. The fraction of sp³-hybridized carbons (Fsp3) is 0.450. The zero-order valence-electron chi connectivity index (χ0n) is 15.2. The molecule has 136 valence electrons. The molecule has 2 aliphatic heterocycles. The molecule has 2 aliphatic rings. The third-order valence-corrected chi connectivity index (χ3v) is 4.27. The summed E-state index contributed by atoms with van der Waals surface area (Å²) in [4.78, 5) is 36.9. The van der Waals surface area contributed by atoms with Gasteiger partial charge < -0.3 is 4.74 Å². The standard InChI is InChI=1S/C20H22N2O4/c1-20(2,3)10-9-13-5-4-6-14(11-13)16-12-22(19(25)26-16)15-7-8-17(23)21-18(15)24/h4-6,11,15-16H,7-8,12H2,1-3H3,(H,21,23,24). The minimum atomic E-state index is -0.658. The first-order chi connectivity index (χ1) is 12.2. The number of cyclic esters (lactones) is 1. The van der Waals surface area contributed by atoms with Gasteiger partial charge in [-0.3, -0.25) is 19.8 Å². The molecule has 1 aromatic rings. The fourth-order valence-corrected chi connectivity index (χ4v) is 2.96. The largest absolute Gasteiger partial charge is 0.439 e. The molecule has 0 spiro atoms. The molecule has 0 saturated carbocycles. The minimum Gasteiger partial charge on any atom is -0.439 e. The van der Waals surface area contributed by atoms with Gasteiger partial charge in [0, 0.05) is 17.4 Å². The van der Waals surface area contributed by atoms with Crippen LogP contribution in [0.2, 0.25) is 0 Å². The Hall–Kier alpha value is -2.81. The molecule has 2 fully saturated rings. The van der Waals surface area contributed by atoms with Gasteiger partial charge in [-0.15, -0.1) is 0 Å². The molecule has 3 rings (SSSR count). The maximum absolute atomic E-state index is 12.2. The van der Waals surface area contributed by atoms with Gasteiger partial charge in [-0.2, -0.15) is 0 Å². The van der Waals surface area contributed by atoms with Gasteiger partial charge in [0.25, 0.3) is 0 Å². The topological polar surface area (TPSA) is 75.7 Å². The van der Waals surface area contributed by atoms with Crippen molar-refractivity contribution in [2.75, 3.05) is 6.54 Å². The lowest BCUT2D eigenvalue weighted by molar-refractivity contribution is -0.136. The van der Waals surface area contributed by atoms with Crippen molar-refractivity contribution in [3.05, 3.63) is 35.4 Å². The smallest absolute Gasteiger partial charge is 0.411 e. The zero-order valence-corrected chi connectivity index (χ0v) is 15.2. The molecule has 6 nitrogen and oxygen atoms in total. The normalized spacial score (nSPS) is 23.2. The molecule has 6 heteroatoms. The van der Waals surface area contributed by atoms with E-state index in [1.54, 1.807) is 0 Å². The molecule has 1 aromatic carbocycles. The Morgan fingerprint density at radius 2 is 2.00 bits per heavy atom. The second-order valence-corrected chi connectivity index (χ2v) is 7.62. The summed E-state index contributed by atoms with van der Waals surface area (Å²) in [7, 11) is 0. The summed E-state index contributed by atoms with van der Waals surface area (Å²) in [6.45, 7) is 6.41. The molecule has 2 heterocycles. The van der Waals surface area contributed by atoms with Gasteiger partial charge in [-0.1, -0.05) is 24.0 Å². The molecule has 2 saturated heterocycles. The summed E-state index contributed by atoms with van der Waals surface area (Å²) in [6.07, 6.45) is -0.438. The summed E-state index contributed by atoms with van der Waals surface area (Å²) in [6, 6.07) is 6.93. The molecule has 2 atom stereocenters. The Labute approximate surface area is 152 Å². The van der Waals surface area contributed by atoms with Crippen molar-refractivity contribution in [1.29, 1.82) is 0 Å². The summed E-state index contributed by atoms with van der Waals surface area (Å²) >= 11 is 0. The monoisotopic (exact) mass is 354 g/mol. The lowest BCUT2D eigenvalue weighted by atomic mass is 9.97. The van der Waals surface area contributed by atoms with Crippen LogP contribution >= 0.6 is 0 Å². The van der Waals surface area contributed by atoms with Crippen LogP contribution in [-0.2, 0) is 14.3 Å². The number of nitrogens with one attached hydrogen (secondary N) is 1. The van der Waals surface area contributed by atoms with Gasteiger partial charge in [0.1, 0.15) is 12.1 Å². The maximum Gasteiger partial charge on any atom is 0.411 e. The lowest BCUT2D eigenvalue weighted by Gasteiger charge is -2.27. The van der Waals surface area contributed by atoms with E-state index in [2.05, 4.69) is 17.2 Å². The van der Waals surface area contributed by atoms with Crippen molar-refractivity contribution < 1.29 is 19.1 Å². The van der Waals surface area contributed by atoms with Crippen LogP contribution in [0.5, 0.6) is 0 Å². The van der Waals surface area contributed by atoms with Gasteiger partial charge >= 0.3 is 6.09 Å². The lowest BCUT2D eigenvalue weighted by Crippen LogP contribution is -2.52. The molecule has 0 aromatic heterocycles. The van der Waals surface area contributed by atoms with Crippen LogP contribution in [0.15, 0.2) is 24.3 Å². The molecule has 26 heavy (non-hydrogen) atoms. The molecular formula is C20H22N2O4. The van der Waals surface area contributed by atoms with Gasteiger partial charge in [0.2, 0.25) is 11.8 Å². The number of carbonyl (C=O) groups is 3. The number of imide groups is 1. The van der Waals surface area contributed by atoms with Crippen molar-refractivity contribution >= 4 is 17.9 Å². The summed E-state index contributed by atoms with van der Waals surface area (Å²) < 4.78 is 5.46. The molecule has 3 amide bonds. The first-order valence-electron chi connectivity index (χ1n) is 8.67. The Kier molecular flexibility index (Phi) is 4.73. The summed E-state index contributed by atoms with van der Waals surface area (Å²) in [5, 5.41) is 2.28. The number of amides is 3. The number of ether oxygens (including phenoxy) is 1. The van der Waals surface area contributed by atoms with Gasteiger partial charge in [0.05, 0.1) is 6.54 Å². The van der Waals surface area contributed by atoms with E-state index >= 15 is 0 Å². The minimum absolute atomic E-state index is 0.0988. The van der Waals surface area contributed by atoms with Crippen molar-refractivity contribution in [1.82, 2.24) is 10.2 Å². The zero-order chi connectivity index (χ0) is 18.9. The Morgan fingerprint density at radius 1 is 1.23 bits per heavy atom. The van der Waals surface area contributed by atoms with E-state index in [0.717, 1.165) is 11.1 Å².